The fourth-order valence-electron chi connectivity index (χ4n) is 0.904. The number of nitrogens with one attached hydrogen (secondary N) is 1. The van der Waals surface area contributed by atoms with Crippen LogP contribution in [0.25, 0.3) is 0 Å². The Morgan fingerprint density at radius 2 is 2.50 bits per heavy atom. The number of rotatable bonds is 4. The number of hydrogen-bond donors (Lipinski definition) is 2. The first-order valence-corrected chi connectivity index (χ1v) is 5.17. The molecule has 0 radical (unpaired) electrons. The molecule has 78 valence electrons. The highest BCUT2D eigenvalue weighted by molar-refractivity contribution is 7.12. The Morgan fingerprint density at radius 3 is 3.00 bits per heavy atom. The van der Waals surface area contributed by atoms with Crippen molar-refractivity contribution in [2.24, 2.45) is 0 Å². The van der Waals surface area contributed by atoms with E-state index in [1.807, 2.05) is 6.92 Å². The van der Waals surface area contributed by atoms with E-state index in [9.17, 15) is 4.79 Å². The molecule has 0 aliphatic heterocycles. The highest BCUT2D eigenvalue weighted by atomic mass is 32.1. The van der Waals surface area contributed by atoms with Gasteiger partial charge in [0, 0.05) is 13.7 Å². The van der Waals surface area contributed by atoms with E-state index in [0.717, 1.165) is 0 Å². The molecule has 1 heterocycles. The Kier molecular flexibility index (Phi) is 3.91. The van der Waals surface area contributed by atoms with E-state index in [2.05, 4.69) is 5.32 Å². The molecular weight excluding hydrogens is 200 g/mol. The van der Waals surface area contributed by atoms with Gasteiger partial charge in [0.1, 0.15) is 4.88 Å². The summed E-state index contributed by atoms with van der Waals surface area (Å²) in [5.74, 6) is -0.138. The van der Waals surface area contributed by atoms with Gasteiger partial charge in [-0.2, -0.15) is 0 Å². The van der Waals surface area contributed by atoms with Crippen LogP contribution in [0.4, 0.5) is 5.69 Å². The summed E-state index contributed by atoms with van der Waals surface area (Å²) in [6.07, 6.45) is 0.0140. The summed E-state index contributed by atoms with van der Waals surface area (Å²) >= 11 is 1.34. The molecule has 0 fully saturated rings. The Hall–Kier alpha value is -1.07. The second-order valence-corrected chi connectivity index (χ2v) is 3.88. The van der Waals surface area contributed by atoms with E-state index in [1.165, 1.54) is 11.3 Å². The lowest BCUT2D eigenvalue weighted by Gasteiger charge is -2.10. The number of carbonyl (C=O) groups excluding carboxylic acids is 1. The van der Waals surface area contributed by atoms with E-state index < -0.39 is 0 Å². The molecule has 3 N–H and O–H groups in total. The number of carbonyl (C=O) groups is 1. The average Bonchev–Trinajstić information content (AvgIpc) is 2.60. The average molecular weight is 214 g/mol. The third kappa shape index (κ3) is 2.71. The van der Waals surface area contributed by atoms with Crippen molar-refractivity contribution in [3.05, 3.63) is 16.3 Å². The van der Waals surface area contributed by atoms with Crippen LogP contribution in [0.3, 0.4) is 0 Å². The van der Waals surface area contributed by atoms with Crippen LogP contribution in [-0.2, 0) is 4.74 Å². The zero-order valence-corrected chi connectivity index (χ0v) is 9.06. The molecule has 1 unspecified atom stereocenters. The molecule has 0 saturated heterocycles. The van der Waals surface area contributed by atoms with E-state index in [0.29, 0.717) is 17.1 Å². The minimum absolute atomic E-state index is 0.0140. The van der Waals surface area contributed by atoms with Crippen LogP contribution in [0, 0.1) is 0 Å². The molecule has 1 atom stereocenters. The summed E-state index contributed by atoms with van der Waals surface area (Å²) < 4.78 is 5.01. The van der Waals surface area contributed by atoms with Crippen LogP contribution >= 0.6 is 11.3 Å². The molecule has 5 heteroatoms. The zero-order chi connectivity index (χ0) is 10.6. The van der Waals surface area contributed by atoms with Crippen LogP contribution in [0.5, 0.6) is 0 Å². The van der Waals surface area contributed by atoms with Crippen molar-refractivity contribution in [3.8, 4) is 0 Å². The minimum Gasteiger partial charge on any atom is -0.397 e. The molecule has 0 saturated carbocycles. The lowest BCUT2D eigenvalue weighted by molar-refractivity contribution is 0.0874. The van der Waals surface area contributed by atoms with Gasteiger partial charge in [-0.25, -0.2) is 0 Å². The molecule has 0 aliphatic rings. The van der Waals surface area contributed by atoms with Crippen LogP contribution in [0.1, 0.15) is 16.6 Å². The number of nitrogen functional groups attached to an aromatic ring is 1. The summed E-state index contributed by atoms with van der Waals surface area (Å²) in [7, 11) is 1.61. The number of anilines is 1. The fraction of sp³-hybridized carbons (Fsp3) is 0.444. The van der Waals surface area contributed by atoms with Crippen molar-refractivity contribution in [1.82, 2.24) is 5.32 Å². The minimum atomic E-state index is -0.138. The smallest absolute Gasteiger partial charge is 0.263 e. The Balaban J connectivity index is 2.47. The number of methoxy groups -OCH3 is 1. The van der Waals surface area contributed by atoms with Gasteiger partial charge in [0.15, 0.2) is 0 Å². The third-order valence-corrected chi connectivity index (χ3v) is 2.78. The maximum Gasteiger partial charge on any atom is 0.263 e. The number of amides is 1. The second-order valence-electron chi connectivity index (χ2n) is 2.96. The summed E-state index contributed by atoms with van der Waals surface area (Å²) in [6, 6.07) is 1.72. The van der Waals surface area contributed by atoms with Gasteiger partial charge in [-0.15, -0.1) is 11.3 Å². The fourth-order valence-corrected chi connectivity index (χ4v) is 1.64. The quantitative estimate of drug-likeness (QED) is 0.788. The summed E-state index contributed by atoms with van der Waals surface area (Å²) in [6.45, 7) is 2.38. The molecule has 1 aromatic rings. The van der Waals surface area contributed by atoms with E-state index in [4.69, 9.17) is 10.5 Å². The molecule has 0 aliphatic carbocycles. The topological polar surface area (TPSA) is 64.3 Å². The highest BCUT2D eigenvalue weighted by Gasteiger charge is 2.11. The molecule has 1 amide bonds. The normalized spacial score (nSPS) is 12.4. The second kappa shape index (κ2) is 4.97. The van der Waals surface area contributed by atoms with Gasteiger partial charge in [0.25, 0.3) is 5.91 Å². The van der Waals surface area contributed by atoms with Crippen LogP contribution in [-0.4, -0.2) is 25.7 Å². The van der Waals surface area contributed by atoms with E-state index in [1.54, 1.807) is 18.6 Å². The van der Waals surface area contributed by atoms with Crippen molar-refractivity contribution in [3.63, 3.8) is 0 Å². The Morgan fingerprint density at radius 1 is 1.79 bits per heavy atom. The van der Waals surface area contributed by atoms with Crippen molar-refractivity contribution in [2.75, 3.05) is 19.4 Å². The molecule has 14 heavy (non-hydrogen) atoms. The van der Waals surface area contributed by atoms with Gasteiger partial charge in [-0.05, 0) is 18.4 Å². The van der Waals surface area contributed by atoms with Gasteiger partial charge in [-0.3, -0.25) is 4.79 Å². The first-order valence-electron chi connectivity index (χ1n) is 4.29. The summed E-state index contributed by atoms with van der Waals surface area (Å²) in [5.41, 5.74) is 6.12. The first kappa shape index (κ1) is 11.0. The predicted octanol–water partition coefficient (Wildman–Crippen LogP) is 1.10. The first-order chi connectivity index (χ1) is 6.65. The maximum absolute atomic E-state index is 11.5. The molecule has 0 spiro atoms. The van der Waals surface area contributed by atoms with Gasteiger partial charge >= 0.3 is 0 Å². The molecule has 0 aromatic carbocycles. The third-order valence-electron chi connectivity index (χ3n) is 1.85. The van der Waals surface area contributed by atoms with Crippen molar-refractivity contribution >= 4 is 22.9 Å². The number of thiophene rings is 1. The molecule has 0 bridgehead atoms. The van der Waals surface area contributed by atoms with Crippen LogP contribution in [0.2, 0.25) is 0 Å². The van der Waals surface area contributed by atoms with Crippen molar-refractivity contribution in [2.45, 2.75) is 13.0 Å². The standard InChI is InChI=1S/C9H14N2O2S/c1-6(13-2)5-11-9(12)8-7(10)3-4-14-8/h3-4,6H,5,10H2,1-2H3,(H,11,12). The van der Waals surface area contributed by atoms with Crippen molar-refractivity contribution < 1.29 is 9.53 Å². The summed E-state index contributed by atoms with van der Waals surface area (Å²) in [4.78, 5) is 12.1. The summed E-state index contributed by atoms with van der Waals surface area (Å²) in [5, 5.41) is 4.54. The highest BCUT2D eigenvalue weighted by Crippen LogP contribution is 2.18. The lowest BCUT2D eigenvalue weighted by atomic mass is 10.3. The SMILES string of the molecule is COC(C)CNC(=O)c1sccc1N. The molecule has 1 rings (SSSR count). The Bertz CT molecular complexity index is 312. The largest absolute Gasteiger partial charge is 0.397 e. The van der Waals surface area contributed by atoms with Crippen LogP contribution in [0.15, 0.2) is 11.4 Å². The van der Waals surface area contributed by atoms with E-state index >= 15 is 0 Å². The van der Waals surface area contributed by atoms with Crippen LogP contribution < -0.4 is 11.1 Å². The van der Waals surface area contributed by atoms with Crippen molar-refractivity contribution in [1.29, 1.82) is 0 Å². The lowest BCUT2D eigenvalue weighted by Crippen LogP contribution is -2.31. The number of hydrogen-bond acceptors (Lipinski definition) is 4. The molecule has 1 aromatic heterocycles. The predicted molar refractivity (Wildman–Crippen MR) is 57.5 cm³/mol. The molecular formula is C9H14N2O2S. The monoisotopic (exact) mass is 214 g/mol. The van der Waals surface area contributed by atoms with Gasteiger partial charge < -0.3 is 15.8 Å². The maximum atomic E-state index is 11.5. The van der Waals surface area contributed by atoms with Gasteiger partial charge in [-0.1, -0.05) is 0 Å². The molecule has 4 nitrogen and oxygen atoms in total. The number of ether oxygens (including phenoxy) is 1. The number of nitrogens with two attached hydrogens (primary N) is 1. The van der Waals surface area contributed by atoms with E-state index in [-0.39, 0.29) is 12.0 Å². The Labute approximate surface area is 87.1 Å². The zero-order valence-electron chi connectivity index (χ0n) is 8.24. The van der Waals surface area contributed by atoms with Gasteiger partial charge in [0.05, 0.1) is 11.8 Å². The van der Waals surface area contributed by atoms with Gasteiger partial charge in [0.2, 0.25) is 0 Å².